The van der Waals surface area contributed by atoms with E-state index in [1.807, 2.05) is 6.92 Å². The van der Waals surface area contributed by atoms with Gasteiger partial charge in [0.25, 0.3) is 0 Å². The highest BCUT2D eigenvalue weighted by molar-refractivity contribution is 5.67. The number of aliphatic carboxylic acids is 1. The lowest BCUT2D eigenvalue weighted by Crippen LogP contribution is -2.11. The zero-order chi connectivity index (χ0) is 8.97. The third kappa shape index (κ3) is 2.05. The molecule has 5 nitrogen and oxygen atoms in total. The first kappa shape index (κ1) is 8.70. The van der Waals surface area contributed by atoms with Crippen molar-refractivity contribution in [1.82, 2.24) is 14.8 Å². The van der Waals surface area contributed by atoms with E-state index in [4.69, 9.17) is 5.11 Å². The Kier molecular flexibility index (Phi) is 2.79. The van der Waals surface area contributed by atoms with Crippen molar-refractivity contribution in [1.29, 1.82) is 0 Å². The Hall–Kier alpha value is -1.39. The molecule has 0 aliphatic rings. The lowest BCUT2D eigenvalue weighted by molar-refractivity contribution is -0.137. The number of nitrogens with zero attached hydrogens (tertiary/aromatic N) is 3. The molecule has 1 atom stereocenters. The van der Waals surface area contributed by atoms with Gasteiger partial charge in [-0.3, -0.25) is 4.79 Å². The fourth-order valence-corrected chi connectivity index (χ4v) is 1.06. The topological polar surface area (TPSA) is 68.0 Å². The average molecular weight is 169 g/mol. The van der Waals surface area contributed by atoms with Crippen LogP contribution in [0.2, 0.25) is 0 Å². The van der Waals surface area contributed by atoms with Crippen LogP contribution in [0.25, 0.3) is 0 Å². The zero-order valence-electron chi connectivity index (χ0n) is 6.84. The van der Waals surface area contributed by atoms with E-state index in [-0.39, 0.29) is 12.5 Å². The summed E-state index contributed by atoms with van der Waals surface area (Å²) in [7, 11) is 0. The second kappa shape index (κ2) is 3.85. The van der Waals surface area contributed by atoms with Crippen molar-refractivity contribution in [3.8, 4) is 0 Å². The minimum Gasteiger partial charge on any atom is -0.481 e. The maximum atomic E-state index is 10.4. The van der Waals surface area contributed by atoms with Crippen molar-refractivity contribution < 1.29 is 9.90 Å². The summed E-state index contributed by atoms with van der Waals surface area (Å²) in [6, 6.07) is -0.0301. The normalized spacial score (nSPS) is 12.8. The molecule has 0 amide bonds. The maximum absolute atomic E-state index is 10.4. The van der Waals surface area contributed by atoms with Gasteiger partial charge in [0.05, 0.1) is 6.42 Å². The number of rotatable bonds is 4. The minimum absolute atomic E-state index is 0.0301. The first-order valence-electron chi connectivity index (χ1n) is 3.80. The van der Waals surface area contributed by atoms with E-state index < -0.39 is 5.97 Å². The van der Waals surface area contributed by atoms with Gasteiger partial charge in [-0.05, 0) is 6.42 Å². The van der Waals surface area contributed by atoms with Crippen LogP contribution in [0.3, 0.4) is 0 Å². The predicted octanol–water partition coefficient (Wildman–Crippen LogP) is 0.704. The second-order valence-electron chi connectivity index (χ2n) is 2.57. The highest BCUT2D eigenvalue weighted by Crippen LogP contribution is 2.13. The lowest BCUT2D eigenvalue weighted by atomic mass is 10.1. The molecule has 12 heavy (non-hydrogen) atoms. The molecule has 5 heteroatoms. The van der Waals surface area contributed by atoms with Gasteiger partial charge in [-0.25, -0.2) is 0 Å². The van der Waals surface area contributed by atoms with E-state index in [9.17, 15) is 4.79 Å². The first-order valence-corrected chi connectivity index (χ1v) is 3.80. The van der Waals surface area contributed by atoms with Crippen molar-refractivity contribution in [2.24, 2.45) is 0 Å². The molecule has 66 valence electrons. The maximum Gasteiger partial charge on any atom is 0.305 e. The Morgan fingerprint density at radius 3 is 2.58 bits per heavy atom. The van der Waals surface area contributed by atoms with Crippen molar-refractivity contribution >= 4 is 5.97 Å². The van der Waals surface area contributed by atoms with Crippen molar-refractivity contribution in [3.63, 3.8) is 0 Å². The quantitative estimate of drug-likeness (QED) is 0.720. The van der Waals surface area contributed by atoms with E-state index in [2.05, 4.69) is 10.2 Å². The van der Waals surface area contributed by atoms with Gasteiger partial charge in [0, 0.05) is 6.04 Å². The smallest absolute Gasteiger partial charge is 0.305 e. The molecule has 0 spiro atoms. The molecule has 1 heterocycles. The van der Waals surface area contributed by atoms with Crippen LogP contribution in [0.4, 0.5) is 0 Å². The molecule has 0 saturated carbocycles. The van der Waals surface area contributed by atoms with Gasteiger partial charge in [0.1, 0.15) is 12.7 Å². The molecule has 0 aromatic carbocycles. The van der Waals surface area contributed by atoms with Gasteiger partial charge < -0.3 is 9.67 Å². The molecule has 0 radical (unpaired) electrons. The largest absolute Gasteiger partial charge is 0.481 e. The van der Waals surface area contributed by atoms with E-state index >= 15 is 0 Å². The number of carboxylic acid groups (broad SMARTS) is 1. The SMILES string of the molecule is CCC(CC(=O)O)n1cnnc1. The summed E-state index contributed by atoms with van der Waals surface area (Å²) in [4.78, 5) is 10.4. The fraction of sp³-hybridized carbons (Fsp3) is 0.571. The highest BCUT2D eigenvalue weighted by atomic mass is 16.4. The molecule has 1 N–H and O–H groups in total. The number of hydrogen-bond acceptors (Lipinski definition) is 3. The molecule has 0 aliphatic heterocycles. The number of aromatic nitrogens is 3. The van der Waals surface area contributed by atoms with Crippen LogP contribution in [0.5, 0.6) is 0 Å². The summed E-state index contributed by atoms with van der Waals surface area (Å²) in [6.07, 6.45) is 3.97. The van der Waals surface area contributed by atoms with Gasteiger partial charge in [-0.2, -0.15) is 0 Å². The monoisotopic (exact) mass is 169 g/mol. The standard InChI is InChI=1S/C7H11N3O2/c1-2-6(3-7(11)12)10-4-8-9-5-10/h4-6H,2-3H2,1H3,(H,11,12). The van der Waals surface area contributed by atoms with Crippen LogP contribution in [0.1, 0.15) is 25.8 Å². The summed E-state index contributed by atoms with van der Waals surface area (Å²) in [5, 5.41) is 15.8. The summed E-state index contributed by atoms with van der Waals surface area (Å²) < 4.78 is 1.72. The van der Waals surface area contributed by atoms with Gasteiger partial charge in [0.15, 0.2) is 0 Å². The molecule has 1 aromatic rings. The van der Waals surface area contributed by atoms with Gasteiger partial charge >= 0.3 is 5.97 Å². The lowest BCUT2D eigenvalue weighted by Gasteiger charge is -2.12. The van der Waals surface area contributed by atoms with Gasteiger partial charge in [0.2, 0.25) is 0 Å². The molecule has 0 aliphatic carbocycles. The Morgan fingerprint density at radius 1 is 1.58 bits per heavy atom. The molecule has 0 bridgehead atoms. The first-order chi connectivity index (χ1) is 5.74. The molecule has 1 rings (SSSR count). The molecular weight excluding hydrogens is 158 g/mol. The Bertz CT molecular complexity index is 245. The molecule has 1 unspecified atom stereocenters. The van der Waals surface area contributed by atoms with E-state index in [1.165, 1.54) is 12.7 Å². The number of hydrogen-bond donors (Lipinski definition) is 1. The summed E-state index contributed by atoms with van der Waals surface area (Å²) in [5.41, 5.74) is 0. The Morgan fingerprint density at radius 2 is 2.17 bits per heavy atom. The Labute approximate surface area is 70.0 Å². The van der Waals surface area contributed by atoms with Crippen molar-refractivity contribution in [2.45, 2.75) is 25.8 Å². The fourth-order valence-electron chi connectivity index (χ4n) is 1.06. The predicted molar refractivity (Wildman–Crippen MR) is 41.6 cm³/mol. The molecule has 1 aromatic heterocycles. The van der Waals surface area contributed by atoms with Gasteiger partial charge in [-0.1, -0.05) is 6.92 Å². The summed E-state index contributed by atoms with van der Waals surface area (Å²) in [5.74, 6) is -0.796. The highest BCUT2D eigenvalue weighted by Gasteiger charge is 2.11. The second-order valence-corrected chi connectivity index (χ2v) is 2.57. The van der Waals surface area contributed by atoms with Crippen molar-refractivity contribution in [3.05, 3.63) is 12.7 Å². The minimum atomic E-state index is -0.796. The van der Waals surface area contributed by atoms with Gasteiger partial charge in [-0.15, -0.1) is 10.2 Å². The summed E-state index contributed by atoms with van der Waals surface area (Å²) >= 11 is 0. The zero-order valence-corrected chi connectivity index (χ0v) is 6.84. The van der Waals surface area contributed by atoms with E-state index in [1.54, 1.807) is 4.57 Å². The van der Waals surface area contributed by atoms with Crippen LogP contribution in [-0.4, -0.2) is 25.8 Å². The van der Waals surface area contributed by atoms with Crippen LogP contribution in [-0.2, 0) is 4.79 Å². The summed E-state index contributed by atoms with van der Waals surface area (Å²) in [6.45, 7) is 1.94. The van der Waals surface area contributed by atoms with Crippen LogP contribution < -0.4 is 0 Å². The molecule has 0 fully saturated rings. The van der Waals surface area contributed by atoms with Crippen LogP contribution in [0, 0.1) is 0 Å². The molecular formula is C7H11N3O2. The average Bonchev–Trinajstić information content (AvgIpc) is 2.51. The Balaban J connectivity index is 2.63. The number of carbonyl (C=O) groups is 1. The van der Waals surface area contributed by atoms with Crippen molar-refractivity contribution in [2.75, 3.05) is 0 Å². The number of carboxylic acids is 1. The third-order valence-corrected chi connectivity index (χ3v) is 1.74. The van der Waals surface area contributed by atoms with Crippen LogP contribution in [0.15, 0.2) is 12.7 Å². The van der Waals surface area contributed by atoms with E-state index in [0.29, 0.717) is 0 Å². The van der Waals surface area contributed by atoms with E-state index in [0.717, 1.165) is 6.42 Å². The third-order valence-electron chi connectivity index (χ3n) is 1.74. The molecule has 0 saturated heterocycles. The van der Waals surface area contributed by atoms with Crippen LogP contribution >= 0.6 is 0 Å².